The number of H-pyrrole nitrogens is 1. The summed E-state index contributed by atoms with van der Waals surface area (Å²) in [7, 11) is -4.07. The van der Waals surface area contributed by atoms with Gasteiger partial charge >= 0.3 is 0 Å². The topological polar surface area (TPSA) is 131 Å². The van der Waals surface area contributed by atoms with Gasteiger partial charge in [-0.05, 0) is 12.1 Å². The normalized spacial score (nSPS) is 11.4. The van der Waals surface area contributed by atoms with Gasteiger partial charge in [-0.25, -0.2) is 18.1 Å². The molecular weight excluding hydrogens is 310 g/mol. The van der Waals surface area contributed by atoms with E-state index in [2.05, 4.69) is 19.9 Å². The monoisotopic (exact) mass is 317 g/mol. The molecule has 0 radical (unpaired) electrons. The Kier molecular flexibility index (Phi) is 3.97. The minimum atomic E-state index is -4.07. The third kappa shape index (κ3) is 3.10. The maximum Gasteiger partial charge on any atom is 0.290 e. The lowest BCUT2D eigenvalue weighted by atomic mass is 10.3. The Labute approximate surface area is 118 Å². The van der Waals surface area contributed by atoms with Crippen molar-refractivity contribution < 1.29 is 13.3 Å². The summed E-state index contributed by atoms with van der Waals surface area (Å²) in [6.45, 7) is -0.165. The third-order valence-electron chi connectivity index (χ3n) is 2.30. The number of sulfonamides is 1. The largest absolute Gasteiger partial charge is 0.290 e. The number of halogens is 1. The van der Waals surface area contributed by atoms with E-state index < -0.39 is 25.5 Å². The number of aromatic amines is 1. The average molecular weight is 318 g/mol. The van der Waals surface area contributed by atoms with Gasteiger partial charge in [0.1, 0.15) is 12.2 Å². The first-order valence-corrected chi connectivity index (χ1v) is 7.04. The van der Waals surface area contributed by atoms with E-state index in [0.717, 1.165) is 12.1 Å². The van der Waals surface area contributed by atoms with Crippen LogP contribution < -0.4 is 4.72 Å². The molecule has 0 bridgehead atoms. The highest BCUT2D eigenvalue weighted by Crippen LogP contribution is 2.26. The van der Waals surface area contributed by atoms with Crippen LogP contribution in [0.2, 0.25) is 5.02 Å². The van der Waals surface area contributed by atoms with Crippen LogP contribution in [0.4, 0.5) is 5.69 Å². The van der Waals surface area contributed by atoms with Gasteiger partial charge in [0.25, 0.3) is 5.69 Å². The molecule has 1 aromatic carbocycles. The molecular formula is C9H8ClN5O4S. The highest BCUT2D eigenvalue weighted by Gasteiger charge is 2.26. The van der Waals surface area contributed by atoms with Gasteiger partial charge in [-0.2, -0.15) is 5.10 Å². The molecule has 11 heteroatoms. The highest BCUT2D eigenvalue weighted by molar-refractivity contribution is 7.89. The second-order valence-electron chi connectivity index (χ2n) is 3.63. The van der Waals surface area contributed by atoms with Gasteiger partial charge in [0.2, 0.25) is 10.0 Å². The summed E-state index contributed by atoms with van der Waals surface area (Å²) in [4.78, 5) is 13.3. The number of nitrogens with zero attached hydrogens (tertiary/aromatic N) is 3. The van der Waals surface area contributed by atoms with Gasteiger partial charge in [-0.3, -0.25) is 15.2 Å². The molecule has 2 aromatic rings. The van der Waals surface area contributed by atoms with Crippen molar-refractivity contribution in [3.05, 3.63) is 45.5 Å². The molecule has 0 fully saturated rings. The van der Waals surface area contributed by atoms with Gasteiger partial charge < -0.3 is 0 Å². The quantitative estimate of drug-likeness (QED) is 0.620. The Bertz CT molecular complexity index is 731. The summed E-state index contributed by atoms with van der Waals surface area (Å²) < 4.78 is 26.3. The number of nitro benzene ring substituents is 1. The Balaban J connectivity index is 2.31. The van der Waals surface area contributed by atoms with Crippen LogP contribution in [-0.4, -0.2) is 28.5 Å². The van der Waals surface area contributed by atoms with E-state index in [-0.39, 0.29) is 17.4 Å². The first-order chi connectivity index (χ1) is 9.40. The summed E-state index contributed by atoms with van der Waals surface area (Å²) in [5.74, 6) is 0.283. The Morgan fingerprint density at radius 2 is 2.20 bits per heavy atom. The summed E-state index contributed by atoms with van der Waals surface area (Å²) in [5, 5.41) is 17.0. The summed E-state index contributed by atoms with van der Waals surface area (Å²) in [6, 6.07) is 3.31. The van der Waals surface area contributed by atoms with Gasteiger partial charge in [-0.1, -0.05) is 11.6 Å². The second-order valence-corrected chi connectivity index (χ2v) is 5.80. The lowest BCUT2D eigenvalue weighted by molar-refractivity contribution is -0.387. The first-order valence-electron chi connectivity index (χ1n) is 5.18. The molecule has 0 saturated heterocycles. The van der Waals surface area contributed by atoms with Crippen molar-refractivity contribution in [3.8, 4) is 0 Å². The molecule has 2 rings (SSSR count). The summed E-state index contributed by atoms with van der Waals surface area (Å²) >= 11 is 5.63. The highest BCUT2D eigenvalue weighted by atomic mass is 35.5. The summed E-state index contributed by atoms with van der Waals surface area (Å²) in [5.41, 5.74) is -0.595. The first kappa shape index (κ1) is 14.4. The zero-order valence-electron chi connectivity index (χ0n) is 9.78. The molecule has 106 valence electrons. The molecule has 0 aliphatic rings. The minimum Gasteiger partial charge on any atom is -0.262 e. The van der Waals surface area contributed by atoms with Crippen molar-refractivity contribution in [1.82, 2.24) is 19.9 Å². The van der Waals surface area contributed by atoms with Gasteiger partial charge in [0.15, 0.2) is 4.90 Å². The van der Waals surface area contributed by atoms with Gasteiger partial charge in [-0.15, -0.1) is 0 Å². The molecule has 0 aliphatic heterocycles. The van der Waals surface area contributed by atoms with Crippen LogP contribution >= 0.6 is 11.6 Å². The number of benzene rings is 1. The lowest BCUT2D eigenvalue weighted by Crippen LogP contribution is -2.24. The van der Waals surface area contributed by atoms with Crippen LogP contribution in [0, 0.1) is 10.1 Å². The number of hydrogen-bond acceptors (Lipinski definition) is 6. The number of nitro groups is 1. The maximum atomic E-state index is 12.0. The lowest BCUT2D eigenvalue weighted by Gasteiger charge is -2.06. The van der Waals surface area contributed by atoms with Crippen LogP contribution in [0.3, 0.4) is 0 Å². The van der Waals surface area contributed by atoms with E-state index >= 15 is 0 Å². The van der Waals surface area contributed by atoms with E-state index in [4.69, 9.17) is 11.6 Å². The number of aromatic nitrogens is 3. The zero-order valence-corrected chi connectivity index (χ0v) is 11.3. The SMILES string of the molecule is O=[N+]([O-])c1cc(Cl)ccc1S(=O)(=O)NCc1ncn[nH]1. The fourth-order valence-electron chi connectivity index (χ4n) is 1.42. The molecule has 0 spiro atoms. The molecule has 0 amide bonds. The Morgan fingerprint density at radius 3 is 2.80 bits per heavy atom. The molecule has 1 heterocycles. The molecule has 0 atom stereocenters. The number of hydrogen-bond donors (Lipinski definition) is 2. The molecule has 20 heavy (non-hydrogen) atoms. The molecule has 0 aliphatic carbocycles. The molecule has 0 unspecified atom stereocenters. The maximum absolute atomic E-state index is 12.0. The van der Waals surface area contributed by atoms with E-state index in [9.17, 15) is 18.5 Å². The standard InChI is InChI=1S/C9H8ClN5O4S/c10-6-1-2-8(7(3-6)15(16)17)20(18,19)13-4-9-11-5-12-14-9/h1-3,5,13H,4H2,(H,11,12,14). The molecule has 9 nitrogen and oxygen atoms in total. The van der Waals surface area contributed by atoms with Gasteiger partial charge in [0.05, 0.1) is 11.5 Å². The summed E-state index contributed by atoms with van der Waals surface area (Å²) in [6.07, 6.45) is 1.22. The fraction of sp³-hybridized carbons (Fsp3) is 0.111. The fourth-order valence-corrected chi connectivity index (χ4v) is 2.72. The Hall–Kier alpha value is -2.04. The minimum absolute atomic E-state index is 0.0749. The number of nitrogens with one attached hydrogen (secondary N) is 2. The van der Waals surface area contributed by atoms with Crippen LogP contribution in [0.25, 0.3) is 0 Å². The molecule has 1 aromatic heterocycles. The van der Waals surface area contributed by atoms with E-state index in [1.807, 2.05) is 0 Å². The van der Waals surface area contributed by atoms with Crippen molar-refractivity contribution >= 4 is 27.3 Å². The van der Waals surface area contributed by atoms with Crippen molar-refractivity contribution in [3.63, 3.8) is 0 Å². The van der Waals surface area contributed by atoms with Crippen molar-refractivity contribution in [2.24, 2.45) is 0 Å². The second kappa shape index (κ2) is 5.53. The van der Waals surface area contributed by atoms with Crippen LogP contribution in [0.15, 0.2) is 29.4 Å². The van der Waals surface area contributed by atoms with Gasteiger partial charge in [0, 0.05) is 11.1 Å². The Morgan fingerprint density at radius 1 is 1.45 bits per heavy atom. The number of rotatable bonds is 5. The van der Waals surface area contributed by atoms with Crippen molar-refractivity contribution in [2.45, 2.75) is 11.4 Å². The average Bonchev–Trinajstić information content (AvgIpc) is 2.89. The van der Waals surface area contributed by atoms with E-state index in [0.29, 0.717) is 0 Å². The van der Waals surface area contributed by atoms with Crippen LogP contribution in [0.1, 0.15) is 5.82 Å². The zero-order chi connectivity index (χ0) is 14.8. The van der Waals surface area contributed by atoms with Crippen LogP contribution in [-0.2, 0) is 16.6 Å². The van der Waals surface area contributed by atoms with Crippen LogP contribution in [0.5, 0.6) is 0 Å². The predicted molar refractivity (Wildman–Crippen MR) is 68.5 cm³/mol. The van der Waals surface area contributed by atoms with Crippen molar-refractivity contribution in [2.75, 3.05) is 0 Å². The smallest absolute Gasteiger partial charge is 0.262 e. The molecule has 0 saturated carbocycles. The van der Waals surface area contributed by atoms with E-state index in [1.165, 1.54) is 12.4 Å². The van der Waals surface area contributed by atoms with Crippen molar-refractivity contribution in [1.29, 1.82) is 0 Å². The molecule has 2 N–H and O–H groups in total. The van der Waals surface area contributed by atoms with E-state index in [1.54, 1.807) is 0 Å². The predicted octanol–water partition coefficient (Wildman–Crippen LogP) is 0.845. The third-order valence-corrected chi connectivity index (χ3v) is 3.99.